The Balaban J connectivity index is 1.37. The van der Waals surface area contributed by atoms with Crippen LogP contribution in [0.5, 0.6) is 5.75 Å². The lowest BCUT2D eigenvalue weighted by molar-refractivity contribution is -0.137. The number of piperazine rings is 1. The van der Waals surface area contributed by atoms with Crippen LogP contribution in [0.1, 0.15) is 67.9 Å². The first-order chi connectivity index (χ1) is 21.8. The van der Waals surface area contributed by atoms with E-state index in [1.165, 1.54) is 12.1 Å². The van der Waals surface area contributed by atoms with Crippen LogP contribution in [0.15, 0.2) is 48.5 Å². The van der Waals surface area contributed by atoms with E-state index in [2.05, 4.69) is 10.6 Å². The smallest absolute Gasteiger partial charge is 0.416 e. The van der Waals surface area contributed by atoms with Crippen molar-refractivity contribution in [3.63, 3.8) is 0 Å². The molecule has 0 radical (unpaired) electrons. The average Bonchev–Trinajstić information content (AvgIpc) is 2.99. The first-order valence-electron chi connectivity index (χ1n) is 15.9. The van der Waals surface area contributed by atoms with Crippen LogP contribution >= 0.6 is 0 Å². The lowest BCUT2D eigenvalue weighted by Gasteiger charge is -2.42. The molecule has 2 fully saturated rings. The molecule has 3 heterocycles. The number of halogens is 3. The maximum Gasteiger partial charge on any atom is 0.416 e. The van der Waals surface area contributed by atoms with Gasteiger partial charge in [0.1, 0.15) is 11.8 Å². The van der Waals surface area contributed by atoms with E-state index in [0.717, 1.165) is 12.1 Å². The summed E-state index contributed by atoms with van der Waals surface area (Å²) in [4.78, 5) is 44.1. The second-order valence-corrected chi connectivity index (χ2v) is 13.6. The predicted octanol–water partition coefficient (Wildman–Crippen LogP) is 4.40. The zero-order valence-electron chi connectivity index (χ0n) is 26.6. The van der Waals surface area contributed by atoms with E-state index in [1.54, 1.807) is 29.2 Å². The van der Waals surface area contributed by atoms with Crippen molar-refractivity contribution < 1.29 is 37.0 Å². The highest BCUT2D eigenvalue weighted by Crippen LogP contribution is 2.30. The third-order valence-electron chi connectivity index (χ3n) is 8.66. The SMILES string of the molecule is CC(C)(C)CC(=O)N[C@@H]1CC[C@H]2CCOc3ccccc3C(=O)N3CCN(Cc4ccc(C(F)(F)F)cc4)C[C@H]3C(=O)NC[C@H]1O2. The Labute approximate surface area is 267 Å². The van der Waals surface area contributed by atoms with E-state index in [4.69, 9.17) is 9.47 Å². The number of amides is 3. The number of nitrogens with zero attached hydrogens (tertiary/aromatic N) is 2. The van der Waals surface area contributed by atoms with Crippen molar-refractivity contribution in [3.8, 4) is 5.75 Å². The molecule has 5 rings (SSSR count). The molecule has 0 aromatic heterocycles. The summed E-state index contributed by atoms with van der Waals surface area (Å²) in [5.74, 6) is -0.346. The summed E-state index contributed by atoms with van der Waals surface area (Å²) >= 11 is 0. The van der Waals surface area contributed by atoms with E-state index in [1.807, 2.05) is 25.7 Å². The summed E-state index contributed by atoms with van der Waals surface area (Å²) in [5.41, 5.74) is 0.121. The third kappa shape index (κ3) is 8.58. The summed E-state index contributed by atoms with van der Waals surface area (Å²) < 4.78 is 51.8. The molecule has 3 aliphatic rings. The first kappa shape index (κ1) is 33.7. The van der Waals surface area contributed by atoms with Gasteiger partial charge in [0, 0.05) is 45.6 Å². The van der Waals surface area contributed by atoms with Gasteiger partial charge in [-0.25, -0.2) is 0 Å². The quantitative estimate of drug-likeness (QED) is 0.512. The highest BCUT2D eigenvalue weighted by Gasteiger charge is 2.39. The lowest BCUT2D eigenvalue weighted by Crippen LogP contribution is -2.62. The lowest BCUT2D eigenvalue weighted by atomic mass is 9.91. The molecular formula is C34H43F3N4O5. The van der Waals surface area contributed by atoms with E-state index in [0.29, 0.717) is 62.3 Å². The van der Waals surface area contributed by atoms with Crippen LogP contribution in [0.3, 0.4) is 0 Å². The number of carbonyl (C=O) groups excluding carboxylic acids is 3. The fourth-order valence-corrected chi connectivity index (χ4v) is 6.32. The van der Waals surface area contributed by atoms with Crippen LogP contribution in [0.4, 0.5) is 13.2 Å². The van der Waals surface area contributed by atoms with Crippen LogP contribution in [0.2, 0.25) is 0 Å². The normalized spacial score (nSPS) is 25.0. The first-order valence-corrected chi connectivity index (χ1v) is 15.9. The van der Waals surface area contributed by atoms with Crippen LogP contribution in [-0.4, -0.2) is 84.6 Å². The van der Waals surface area contributed by atoms with Crippen molar-refractivity contribution in [1.29, 1.82) is 0 Å². The zero-order chi connectivity index (χ0) is 33.1. The second-order valence-electron chi connectivity index (χ2n) is 13.6. The number of nitrogens with one attached hydrogen (secondary N) is 2. The highest BCUT2D eigenvalue weighted by molar-refractivity contribution is 6.00. The maximum absolute atomic E-state index is 13.9. The molecule has 0 saturated carbocycles. The molecule has 9 nitrogen and oxygen atoms in total. The molecule has 46 heavy (non-hydrogen) atoms. The minimum absolute atomic E-state index is 0.0758. The van der Waals surface area contributed by atoms with Crippen LogP contribution in [0, 0.1) is 5.41 Å². The summed E-state index contributed by atoms with van der Waals surface area (Å²) in [5, 5.41) is 6.12. The van der Waals surface area contributed by atoms with Crippen molar-refractivity contribution in [1.82, 2.24) is 20.4 Å². The fourth-order valence-electron chi connectivity index (χ4n) is 6.32. The number of rotatable bonds is 4. The van der Waals surface area contributed by atoms with Crippen LogP contribution < -0.4 is 15.4 Å². The highest BCUT2D eigenvalue weighted by atomic mass is 19.4. The van der Waals surface area contributed by atoms with Crippen molar-refractivity contribution in [2.75, 3.05) is 32.8 Å². The van der Waals surface area contributed by atoms with Gasteiger partial charge in [0.05, 0.1) is 36.0 Å². The molecule has 2 N–H and O–H groups in total. The molecule has 3 aliphatic heterocycles. The van der Waals surface area contributed by atoms with Crippen LogP contribution in [-0.2, 0) is 27.0 Å². The van der Waals surface area contributed by atoms with Gasteiger partial charge in [0.2, 0.25) is 11.8 Å². The molecule has 3 amide bonds. The van der Waals surface area contributed by atoms with Gasteiger partial charge in [0.15, 0.2) is 0 Å². The Hall–Kier alpha value is -3.64. The number of alkyl halides is 3. The zero-order valence-corrected chi connectivity index (χ0v) is 26.6. The molecular weight excluding hydrogens is 601 g/mol. The predicted molar refractivity (Wildman–Crippen MR) is 165 cm³/mol. The van der Waals surface area contributed by atoms with E-state index < -0.39 is 23.9 Å². The fraction of sp³-hybridized carbons (Fsp3) is 0.559. The minimum Gasteiger partial charge on any atom is -0.493 e. The summed E-state index contributed by atoms with van der Waals surface area (Å²) in [6, 6.07) is 10.8. The number of benzene rings is 2. The average molecular weight is 645 g/mol. The molecule has 250 valence electrons. The van der Waals surface area contributed by atoms with Crippen molar-refractivity contribution in [3.05, 3.63) is 65.2 Å². The largest absolute Gasteiger partial charge is 0.493 e. The molecule has 2 aromatic rings. The van der Waals surface area contributed by atoms with Gasteiger partial charge in [-0.2, -0.15) is 13.2 Å². The van der Waals surface area contributed by atoms with E-state index >= 15 is 0 Å². The van der Waals surface area contributed by atoms with E-state index in [-0.39, 0.29) is 54.9 Å². The van der Waals surface area contributed by atoms with Crippen LogP contribution in [0.25, 0.3) is 0 Å². The number of fused-ring (bicyclic) bond motifs is 4. The van der Waals surface area contributed by atoms with Crippen molar-refractivity contribution in [2.45, 2.75) is 83.5 Å². The number of ether oxygens (including phenoxy) is 2. The number of carbonyl (C=O) groups is 3. The third-order valence-corrected chi connectivity index (χ3v) is 8.66. The number of hydrogen-bond donors (Lipinski definition) is 2. The molecule has 2 saturated heterocycles. The summed E-state index contributed by atoms with van der Waals surface area (Å²) in [7, 11) is 0. The number of hydrogen-bond acceptors (Lipinski definition) is 6. The standard InChI is InChI=1S/C34H43F3N4O5/c1-33(2,3)18-30(42)39-26-13-12-24-14-17-45-28-7-5-4-6-25(28)32(44)41-16-15-40(21-27(41)31(43)38-19-29(26)46-24)20-22-8-10-23(11-9-22)34(35,36)37/h4-11,24,26-27,29H,12-21H2,1-3H3,(H,38,43)(H,39,42)/t24-,26+,27-,29+/m0/s1. The maximum atomic E-state index is 13.9. The Morgan fingerprint density at radius 1 is 1.00 bits per heavy atom. The second kappa shape index (κ2) is 14.0. The molecule has 2 bridgehead atoms. The molecule has 12 heteroatoms. The van der Waals surface area contributed by atoms with Gasteiger partial charge in [-0.3, -0.25) is 19.3 Å². The molecule has 0 spiro atoms. The summed E-state index contributed by atoms with van der Waals surface area (Å²) in [6.07, 6.45) is -2.71. The molecule has 0 unspecified atom stereocenters. The molecule has 4 atom stereocenters. The Kier molecular flexibility index (Phi) is 10.3. The van der Waals surface area contributed by atoms with Gasteiger partial charge < -0.3 is 25.0 Å². The van der Waals surface area contributed by atoms with Gasteiger partial charge in [0.25, 0.3) is 5.91 Å². The van der Waals surface area contributed by atoms with Crippen molar-refractivity contribution in [2.24, 2.45) is 5.41 Å². The van der Waals surface area contributed by atoms with Gasteiger partial charge in [-0.1, -0.05) is 45.0 Å². The minimum atomic E-state index is -4.43. The molecule has 2 aromatic carbocycles. The Bertz CT molecular complexity index is 1390. The number of para-hydroxylation sites is 1. The topological polar surface area (TPSA) is 100 Å². The van der Waals surface area contributed by atoms with Gasteiger partial charge in [-0.05, 0) is 48.1 Å². The van der Waals surface area contributed by atoms with Gasteiger partial charge >= 0.3 is 6.18 Å². The van der Waals surface area contributed by atoms with Gasteiger partial charge in [-0.15, -0.1) is 0 Å². The Morgan fingerprint density at radius 2 is 1.74 bits per heavy atom. The molecule has 0 aliphatic carbocycles. The van der Waals surface area contributed by atoms with Crippen molar-refractivity contribution >= 4 is 17.7 Å². The van der Waals surface area contributed by atoms with E-state index in [9.17, 15) is 27.6 Å². The summed E-state index contributed by atoms with van der Waals surface area (Å²) in [6.45, 7) is 7.63. The monoisotopic (exact) mass is 644 g/mol. The Morgan fingerprint density at radius 3 is 2.46 bits per heavy atom.